The van der Waals surface area contributed by atoms with E-state index in [0.29, 0.717) is 43.5 Å². The van der Waals surface area contributed by atoms with Crippen molar-refractivity contribution < 1.29 is 14.4 Å². The number of amides is 3. The van der Waals surface area contributed by atoms with E-state index in [-0.39, 0.29) is 17.7 Å². The molecular formula is C25H49N3O3S2. The van der Waals surface area contributed by atoms with Gasteiger partial charge in [0.15, 0.2) is 0 Å². The largest absolute Gasteiger partial charge is 0.356 e. The molecule has 0 aromatic heterocycles. The Kier molecular flexibility index (Phi) is 22.3. The van der Waals surface area contributed by atoms with Crippen LogP contribution in [0.15, 0.2) is 0 Å². The minimum atomic E-state index is 0.0888. The molecule has 0 aliphatic heterocycles. The minimum Gasteiger partial charge on any atom is -0.356 e. The molecule has 3 N–H and O–H groups in total. The van der Waals surface area contributed by atoms with Crippen LogP contribution in [0.1, 0.15) is 104 Å². The van der Waals surface area contributed by atoms with Crippen LogP contribution in [-0.2, 0) is 14.4 Å². The van der Waals surface area contributed by atoms with E-state index < -0.39 is 0 Å². The van der Waals surface area contributed by atoms with E-state index in [1.165, 1.54) is 0 Å². The predicted molar refractivity (Wildman–Crippen MR) is 145 cm³/mol. The average Bonchev–Trinajstić information content (AvgIpc) is 2.76. The second kappa shape index (κ2) is 22.9. The molecule has 0 saturated carbocycles. The number of nitrogens with one attached hydrogen (secondary N) is 3. The fourth-order valence-electron chi connectivity index (χ4n) is 3.35. The van der Waals surface area contributed by atoms with Crippen LogP contribution >= 0.6 is 25.3 Å². The van der Waals surface area contributed by atoms with Gasteiger partial charge in [-0.05, 0) is 63.0 Å². The molecule has 6 nitrogen and oxygen atoms in total. The van der Waals surface area contributed by atoms with Gasteiger partial charge >= 0.3 is 0 Å². The fourth-order valence-corrected chi connectivity index (χ4v) is 4.18. The highest BCUT2D eigenvalue weighted by atomic mass is 32.1. The summed E-state index contributed by atoms with van der Waals surface area (Å²) >= 11 is 8.71. The van der Waals surface area contributed by atoms with Crippen molar-refractivity contribution in [3.63, 3.8) is 0 Å². The Hall–Kier alpha value is -0.890. The van der Waals surface area contributed by atoms with Gasteiger partial charge in [0.05, 0.1) is 0 Å². The molecule has 0 radical (unpaired) electrons. The Labute approximate surface area is 213 Å². The first-order valence-electron chi connectivity index (χ1n) is 12.9. The maximum absolute atomic E-state index is 11.9. The molecule has 1 atom stereocenters. The third-order valence-corrected chi connectivity index (χ3v) is 6.28. The molecule has 0 aromatic rings. The summed E-state index contributed by atoms with van der Waals surface area (Å²) in [6.45, 7) is 6.41. The maximum Gasteiger partial charge on any atom is 0.219 e. The first-order chi connectivity index (χ1) is 15.8. The molecule has 0 rings (SSSR count). The topological polar surface area (TPSA) is 87.3 Å². The number of rotatable bonds is 22. The molecule has 8 heteroatoms. The lowest BCUT2D eigenvalue weighted by molar-refractivity contribution is -0.122. The summed E-state index contributed by atoms with van der Waals surface area (Å²) in [5, 5.41) is 9.25. The van der Waals surface area contributed by atoms with Gasteiger partial charge in [0.2, 0.25) is 17.7 Å². The lowest BCUT2D eigenvalue weighted by Gasteiger charge is -2.09. The summed E-state index contributed by atoms with van der Waals surface area (Å²) in [6, 6.07) is 0. The quantitative estimate of drug-likeness (QED) is 0.110. The van der Waals surface area contributed by atoms with Crippen LogP contribution in [0.25, 0.3) is 0 Å². The predicted octanol–water partition coefficient (Wildman–Crippen LogP) is 4.68. The molecule has 0 fully saturated rings. The molecular weight excluding hydrogens is 454 g/mol. The van der Waals surface area contributed by atoms with Crippen LogP contribution in [0.5, 0.6) is 0 Å². The van der Waals surface area contributed by atoms with E-state index in [0.717, 1.165) is 82.9 Å². The fraction of sp³-hybridized carbons (Fsp3) is 0.880. The number of carbonyl (C=O) groups excluding carboxylic acids is 3. The monoisotopic (exact) mass is 503 g/mol. The van der Waals surface area contributed by atoms with Crippen LogP contribution in [0.2, 0.25) is 0 Å². The van der Waals surface area contributed by atoms with E-state index in [4.69, 9.17) is 0 Å². The third kappa shape index (κ3) is 24.0. The summed E-state index contributed by atoms with van der Waals surface area (Å²) in [7, 11) is 0. The van der Waals surface area contributed by atoms with Crippen molar-refractivity contribution in [1.29, 1.82) is 0 Å². The van der Waals surface area contributed by atoms with Crippen LogP contribution in [0, 0.1) is 5.92 Å². The van der Waals surface area contributed by atoms with Crippen molar-refractivity contribution in [3.05, 3.63) is 0 Å². The molecule has 0 saturated heterocycles. The molecule has 1 unspecified atom stereocenters. The Bertz CT molecular complexity index is 519. The second-order valence-corrected chi connectivity index (χ2v) is 10.4. The first kappa shape index (κ1) is 32.1. The van der Waals surface area contributed by atoms with Gasteiger partial charge in [-0.1, -0.05) is 33.1 Å². The van der Waals surface area contributed by atoms with Crippen LogP contribution in [-0.4, -0.2) is 48.4 Å². The van der Waals surface area contributed by atoms with Gasteiger partial charge in [0.1, 0.15) is 0 Å². The lowest BCUT2D eigenvalue weighted by atomic mass is 10.1. The number of thiol groups is 2. The summed E-state index contributed by atoms with van der Waals surface area (Å²) in [5.41, 5.74) is 0. The van der Waals surface area contributed by atoms with Gasteiger partial charge in [0.25, 0.3) is 0 Å². The highest BCUT2D eigenvalue weighted by Crippen LogP contribution is 2.12. The lowest BCUT2D eigenvalue weighted by Crippen LogP contribution is -2.25. The average molecular weight is 504 g/mol. The van der Waals surface area contributed by atoms with Crippen molar-refractivity contribution in [2.75, 3.05) is 25.4 Å². The number of carbonyl (C=O) groups is 3. The number of hydrogen-bond donors (Lipinski definition) is 5. The van der Waals surface area contributed by atoms with Crippen LogP contribution in [0.4, 0.5) is 0 Å². The zero-order valence-electron chi connectivity index (χ0n) is 21.0. The summed E-state index contributed by atoms with van der Waals surface area (Å²) in [6.07, 6.45) is 12.1. The maximum atomic E-state index is 11.9. The molecule has 0 aliphatic carbocycles. The van der Waals surface area contributed by atoms with Crippen molar-refractivity contribution in [3.8, 4) is 0 Å². The Morgan fingerprint density at radius 2 is 1.06 bits per heavy atom. The van der Waals surface area contributed by atoms with E-state index in [1.54, 1.807) is 0 Å². The van der Waals surface area contributed by atoms with Gasteiger partial charge in [-0.25, -0.2) is 0 Å². The van der Waals surface area contributed by atoms with Gasteiger partial charge in [0, 0.05) is 44.1 Å². The van der Waals surface area contributed by atoms with Gasteiger partial charge in [-0.3, -0.25) is 14.4 Å². The Balaban J connectivity index is 3.42. The SMILES string of the molecule is CC(C)CCNC(=O)CCCCCNC(=O)CCCCCNC(=O)CCCCC(S)CCS. The number of unbranched alkanes of at least 4 members (excludes halogenated alkanes) is 5. The van der Waals surface area contributed by atoms with Crippen molar-refractivity contribution in [2.45, 2.75) is 109 Å². The molecule has 3 amide bonds. The van der Waals surface area contributed by atoms with Gasteiger partial charge in [-0.2, -0.15) is 25.3 Å². The molecule has 0 heterocycles. The van der Waals surface area contributed by atoms with Crippen molar-refractivity contribution >= 4 is 43.0 Å². The summed E-state index contributed by atoms with van der Waals surface area (Å²) < 4.78 is 0. The standard InChI is InChI=1S/C25H49N3O3S2/c1-21(2)15-19-28-25(31)13-6-4-10-17-26-23(29)12-5-3-9-18-27-24(30)14-8-7-11-22(33)16-20-32/h21-22,32-33H,3-20H2,1-2H3,(H,26,29)(H,27,30)(H,28,31). The van der Waals surface area contributed by atoms with E-state index >= 15 is 0 Å². The molecule has 33 heavy (non-hydrogen) atoms. The van der Waals surface area contributed by atoms with Crippen LogP contribution < -0.4 is 16.0 Å². The Morgan fingerprint density at radius 3 is 1.52 bits per heavy atom. The second-order valence-electron chi connectivity index (χ2n) is 9.27. The minimum absolute atomic E-state index is 0.0888. The Morgan fingerprint density at radius 1 is 0.606 bits per heavy atom. The first-order valence-corrected chi connectivity index (χ1v) is 14.1. The van der Waals surface area contributed by atoms with Crippen LogP contribution in [0.3, 0.4) is 0 Å². The molecule has 0 bridgehead atoms. The normalized spacial score (nSPS) is 11.9. The highest BCUT2D eigenvalue weighted by molar-refractivity contribution is 7.81. The molecule has 0 spiro atoms. The molecule has 194 valence electrons. The highest BCUT2D eigenvalue weighted by Gasteiger charge is 2.05. The summed E-state index contributed by atoms with van der Waals surface area (Å²) in [4.78, 5) is 35.4. The number of hydrogen-bond acceptors (Lipinski definition) is 5. The summed E-state index contributed by atoms with van der Waals surface area (Å²) in [5.74, 6) is 1.80. The molecule has 0 aliphatic rings. The van der Waals surface area contributed by atoms with Crippen molar-refractivity contribution in [1.82, 2.24) is 16.0 Å². The van der Waals surface area contributed by atoms with Gasteiger partial charge in [-0.15, -0.1) is 0 Å². The van der Waals surface area contributed by atoms with E-state index in [2.05, 4.69) is 55.1 Å². The van der Waals surface area contributed by atoms with E-state index in [1.807, 2.05) is 0 Å². The van der Waals surface area contributed by atoms with Crippen molar-refractivity contribution in [2.24, 2.45) is 5.92 Å². The van der Waals surface area contributed by atoms with E-state index in [9.17, 15) is 14.4 Å². The molecule has 0 aromatic carbocycles. The zero-order valence-corrected chi connectivity index (χ0v) is 22.8. The third-order valence-electron chi connectivity index (χ3n) is 5.50. The van der Waals surface area contributed by atoms with Gasteiger partial charge < -0.3 is 16.0 Å². The zero-order chi connectivity index (χ0) is 24.7. The smallest absolute Gasteiger partial charge is 0.219 e.